The SMILES string of the molecule is CCN(CC)C(C)(C)C(N)c1cc(Cl)ccc1OC. The molecule has 0 aliphatic carbocycles. The van der Waals surface area contributed by atoms with Crippen molar-refractivity contribution in [3.63, 3.8) is 0 Å². The van der Waals surface area contributed by atoms with Crippen molar-refractivity contribution in [3.05, 3.63) is 28.8 Å². The number of nitrogens with zero attached hydrogens (tertiary/aromatic N) is 1. The van der Waals surface area contributed by atoms with E-state index in [4.69, 9.17) is 22.1 Å². The van der Waals surface area contributed by atoms with Gasteiger partial charge in [0.25, 0.3) is 0 Å². The molecule has 0 heterocycles. The van der Waals surface area contributed by atoms with Crippen molar-refractivity contribution in [1.29, 1.82) is 0 Å². The van der Waals surface area contributed by atoms with Gasteiger partial charge in [-0.05, 0) is 45.1 Å². The molecule has 0 fully saturated rings. The van der Waals surface area contributed by atoms with Crippen LogP contribution in [0.1, 0.15) is 39.3 Å². The first-order valence-corrected chi connectivity index (χ1v) is 7.10. The summed E-state index contributed by atoms with van der Waals surface area (Å²) in [4.78, 5) is 2.35. The monoisotopic (exact) mass is 284 g/mol. The van der Waals surface area contributed by atoms with Gasteiger partial charge in [-0.2, -0.15) is 0 Å². The minimum atomic E-state index is -0.166. The maximum Gasteiger partial charge on any atom is 0.123 e. The lowest BCUT2D eigenvalue weighted by molar-refractivity contribution is 0.106. The largest absolute Gasteiger partial charge is 0.496 e. The van der Waals surface area contributed by atoms with E-state index in [9.17, 15) is 0 Å². The fraction of sp³-hybridized carbons (Fsp3) is 0.600. The van der Waals surface area contributed by atoms with Crippen LogP contribution in [0.2, 0.25) is 5.02 Å². The molecule has 0 radical (unpaired) electrons. The Morgan fingerprint density at radius 2 is 1.89 bits per heavy atom. The van der Waals surface area contributed by atoms with Gasteiger partial charge in [0, 0.05) is 16.1 Å². The van der Waals surface area contributed by atoms with Crippen molar-refractivity contribution in [2.45, 2.75) is 39.3 Å². The molecule has 1 rings (SSSR count). The molecule has 3 nitrogen and oxygen atoms in total. The summed E-state index contributed by atoms with van der Waals surface area (Å²) >= 11 is 6.09. The van der Waals surface area contributed by atoms with Gasteiger partial charge < -0.3 is 10.5 Å². The fourth-order valence-electron chi connectivity index (χ4n) is 2.56. The second-order valence-electron chi connectivity index (χ2n) is 5.19. The smallest absolute Gasteiger partial charge is 0.123 e. The minimum absolute atomic E-state index is 0.165. The van der Waals surface area contributed by atoms with Crippen LogP contribution < -0.4 is 10.5 Å². The average Bonchev–Trinajstić information content (AvgIpc) is 2.38. The van der Waals surface area contributed by atoms with E-state index in [1.165, 1.54) is 0 Å². The topological polar surface area (TPSA) is 38.5 Å². The molecule has 4 heteroatoms. The highest BCUT2D eigenvalue weighted by Crippen LogP contribution is 2.35. The molecule has 2 N–H and O–H groups in total. The van der Waals surface area contributed by atoms with E-state index in [1.54, 1.807) is 7.11 Å². The molecular formula is C15H25ClN2O. The van der Waals surface area contributed by atoms with E-state index in [0.717, 1.165) is 24.4 Å². The van der Waals surface area contributed by atoms with Crippen LogP contribution >= 0.6 is 11.6 Å². The van der Waals surface area contributed by atoms with Crippen LogP contribution in [0.5, 0.6) is 5.75 Å². The maximum absolute atomic E-state index is 6.49. The molecule has 0 bridgehead atoms. The van der Waals surface area contributed by atoms with Gasteiger partial charge in [0.05, 0.1) is 13.2 Å². The van der Waals surface area contributed by atoms with E-state index in [0.29, 0.717) is 5.02 Å². The summed E-state index contributed by atoms with van der Waals surface area (Å²) < 4.78 is 5.41. The zero-order chi connectivity index (χ0) is 14.6. The number of rotatable bonds is 6. The third-order valence-electron chi connectivity index (χ3n) is 3.87. The third kappa shape index (κ3) is 3.41. The van der Waals surface area contributed by atoms with E-state index in [2.05, 4.69) is 32.6 Å². The number of hydrogen-bond acceptors (Lipinski definition) is 3. The fourth-order valence-corrected chi connectivity index (χ4v) is 2.74. The number of hydrogen-bond donors (Lipinski definition) is 1. The van der Waals surface area contributed by atoms with Gasteiger partial charge >= 0.3 is 0 Å². The summed E-state index contributed by atoms with van der Waals surface area (Å²) in [6, 6.07) is 5.42. The van der Waals surface area contributed by atoms with Crippen LogP contribution in [0.4, 0.5) is 0 Å². The predicted molar refractivity (Wildman–Crippen MR) is 81.9 cm³/mol. The van der Waals surface area contributed by atoms with Crippen molar-refractivity contribution < 1.29 is 4.74 Å². The van der Waals surface area contributed by atoms with Crippen LogP contribution in [-0.2, 0) is 0 Å². The molecule has 0 aromatic heterocycles. The molecular weight excluding hydrogens is 260 g/mol. The van der Waals surface area contributed by atoms with Gasteiger partial charge in [0.1, 0.15) is 5.75 Å². The number of likely N-dealkylation sites (N-methyl/N-ethyl adjacent to an activating group) is 1. The Morgan fingerprint density at radius 3 is 2.37 bits per heavy atom. The maximum atomic E-state index is 6.49. The second kappa shape index (κ2) is 6.60. The molecule has 0 spiro atoms. The van der Waals surface area contributed by atoms with Crippen molar-refractivity contribution in [2.24, 2.45) is 5.73 Å². The molecule has 1 atom stereocenters. The van der Waals surface area contributed by atoms with Gasteiger partial charge in [-0.3, -0.25) is 4.90 Å². The standard InChI is InChI=1S/C15H25ClN2O/c1-6-18(7-2)15(3,4)14(17)12-10-11(16)8-9-13(12)19-5/h8-10,14H,6-7,17H2,1-5H3. The van der Waals surface area contributed by atoms with E-state index in [-0.39, 0.29) is 11.6 Å². The summed E-state index contributed by atoms with van der Waals surface area (Å²) in [6.45, 7) is 10.5. The molecule has 108 valence electrons. The number of halogens is 1. The third-order valence-corrected chi connectivity index (χ3v) is 4.10. The highest BCUT2D eigenvalue weighted by Gasteiger charge is 2.34. The van der Waals surface area contributed by atoms with E-state index in [1.807, 2.05) is 18.2 Å². The highest BCUT2D eigenvalue weighted by molar-refractivity contribution is 6.30. The zero-order valence-electron chi connectivity index (χ0n) is 12.5. The van der Waals surface area contributed by atoms with Crippen LogP contribution in [0, 0.1) is 0 Å². The molecule has 0 saturated heterocycles. The first kappa shape index (κ1) is 16.3. The lowest BCUT2D eigenvalue weighted by Gasteiger charge is -2.42. The van der Waals surface area contributed by atoms with Gasteiger partial charge in [-0.25, -0.2) is 0 Å². The summed E-state index contributed by atoms with van der Waals surface area (Å²) in [7, 11) is 1.66. The molecule has 0 aliphatic rings. The highest BCUT2D eigenvalue weighted by atomic mass is 35.5. The number of nitrogens with two attached hydrogens (primary N) is 1. The lowest BCUT2D eigenvalue weighted by Crippen LogP contribution is -2.51. The number of ether oxygens (including phenoxy) is 1. The Bertz CT molecular complexity index is 417. The van der Waals surface area contributed by atoms with Gasteiger partial charge in [0.2, 0.25) is 0 Å². The average molecular weight is 285 g/mol. The second-order valence-corrected chi connectivity index (χ2v) is 5.63. The van der Waals surface area contributed by atoms with Crippen molar-refractivity contribution in [1.82, 2.24) is 4.90 Å². The molecule has 0 amide bonds. The lowest BCUT2D eigenvalue weighted by atomic mass is 9.87. The quantitative estimate of drug-likeness (QED) is 0.869. The first-order chi connectivity index (χ1) is 8.88. The van der Waals surface area contributed by atoms with Crippen LogP contribution in [0.3, 0.4) is 0 Å². The molecule has 0 aliphatic heterocycles. The molecule has 0 saturated carbocycles. The van der Waals surface area contributed by atoms with Gasteiger partial charge in [0.15, 0.2) is 0 Å². The van der Waals surface area contributed by atoms with Gasteiger partial charge in [-0.15, -0.1) is 0 Å². The summed E-state index contributed by atoms with van der Waals surface area (Å²) in [5.41, 5.74) is 7.28. The zero-order valence-corrected chi connectivity index (χ0v) is 13.3. The molecule has 1 aromatic carbocycles. The van der Waals surface area contributed by atoms with Crippen molar-refractivity contribution >= 4 is 11.6 Å². The number of methoxy groups -OCH3 is 1. The summed E-state index contributed by atoms with van der Waals surface area (Å²) in [5, 5.41) is 0.682. The Labute approximate surface area is 121 Å². The Morgan fingerprint density at radius 1 is 1.32 bits per heavy atom. The van der Waals surface area contributed by atoms with Crippen LogP contribution in [0.15, 0.2) is 18.2 Å². The van der Waals surface area contributed by atoms with Crippen molar-refractivity contribution in [2.75, 3.05) is 20.2 Å². The number of benzene rings is 1. The van der Waals surface area contributed by atoms with Crippen LogP contribution in [0.25, 0.3) is 0 Å². The normalized spacial score (nSPS) is 13.7. The van der Waals surface area contributed by atoms with Crippen molar-refractivity contribution in [3.8, 4) is 5.75 Å². The first-order valence-electron chi connectivity index (χ1n) is 6.72. The van der Waals surface area contributed by atoms with Gasteiger partial charge in [-0.1, -0.05) is 25.4 Å². The molecule has 1 unspecified atom stereocenters. The van der Waals surface area contributed by atoms with E-state index >= 15 is 0 Å². The Balaban J connectivity index is 3.17. The summed E-state index contributed by atoms with van der Waals surface area (Å²) in [6.07, 6.45) is 0. The predicted octanol–water partition coefficient (Wildman–Crippen LogP) is 3.47. The summed E-state index contributed by atoms with van der Waals surface area (Å²) in [5.74, 6) is 0.789. The minimum Gasteiger partial charge on any atom is -0.496 e. The van der Waals surface area contributed by atoms with E-state index < -0.39 is 0 Å². The molecule has 19 heavy (non-hydrogen) atoms. The molecule has 1 aromatic rings. The Kier molecular flexibility index (Phi) is 5.65. The Hall–Kier alpha value is -0.770. The van der Waals surface area contributed by atoms with Crippen LogP contribution in [-0.4, -0.2) is 30.6 Å².